The summed E-state index contributed by atoms with van der Waals surface area (Å²) in [5.41, 5.74) is 2.08. The molecule has 238 valence electrons. The van der Waals surface area contributed by atoms with Crippen LogP contribution >= 0.6 is 0 Å². The summed E-state index contributed by atoms with van der Waals surface area (Å²) in [4.78, 5) is 12.3. The molecule has 1 heterocycles. The predicted molar refractivity (Wildman–Crippen MR) is 159 cm³/mol. The molecule has 43 heavy (non-hydrogen) atoms. The number of rotatable bonds is 6. The molecular weight excluding hydrogens is 550 g/mol. The van der Waals surface area contributed by atoms with Crippen molar-refractivity contribution in [1.29, 1.82) is 0 Å². The van der Waals surface area contributed by atoms with Gasteiger partial charge in [0.2, 0.25) is 0 Å². The molecule has 1 aliphatic heterocycles. The molecule has 1 amide bonds. The largest absolute Gasteiger partial charge is 0.395 e. The highest BCUT2D eigenvalue weighted by atomic mass is 16.7. The summed E-state index contributed by atoms with van der Waals surface area (Å²) >= 11 is 0. The van der Waals surface area contributed by atoms with Gasteiger partial charge in [-0.05, 0) is 99.2 Å². The maximum Gasteiger partial charge on any atom is 0.251 e. The fraction of sp³-hybridized carbons (Fsp3) is 0.735. The monoisotopic (exact) mass is 599 g/mol. The Morgan fingerprint density at radius 2 is 1.72 bits per heavy atom. The Balaban J connectivity index is 1.17. The van der Waals surface area contributed by atoms with Crippen LogP contribution in [0, 0.1) is 22.7 Å². The van der Waals surface area contributed by atoms with Gasteiger partial charge in [-0.15, -0.1) is 0 Å². The fourth-order valence-corrected chi connectivity index (χ4v) is 9.74. The zero-order valence-electron chi connectivity index (χ0n) is 25.6. The molecule has 9 nitrogen and oxygen atoms in total. The van der Waals surface area contributed by atoms with Crippen molar-refractivity contribution in [2.75, 3.05) is 13.2 Å². The van der Waals surface area contributed by atoms with Gasteiger partial charge in [0, 0.05) is 17.5 Å². The molecule has 1 aromatic rings. The van der Waals surface area contributed by atoms with Gasteiger partial charge >= 0.3 is 0 Å². The van der Waals surface area contributed by atoms with Gasteiger partial charge in [0.05, 0.1) is 24.4 Å². The molecule has 0 unspecified atom stereocenters. The summed E-state index contributed by atoms with van der Waals surface area (Å²) in [6, 6.07) is 7.79. The Morgan fingerprint density at radius 3 is 2.44 bits per heavy atom. The summed E-state index contributed by atoms with van der Waals surface area (Å²) < 4.78 is 11.9. The van der Waals surface area contributed by atoms with Gasteiger partial charge in [0.15, 0.2) is 6.29 Å². The van der Waals surface area contributed by atoms with E-state index in [0.717, 1.165) is 51.4 Å². The second-order valence-corrected chi connectivity index (χ2v) is 14.3. The van der Waals surface area contributed by atoms with Crippen molar-refractivity contribution in [3.63, 3.8) is 0 Å². The molecule has 0 radical (unpaired) electrons. The minimum absolute atomic E-state index is 0.0312. The number of fused-ring (bicyclic) bond motifs is 5. The highest BCUT2D eigenvalue weighted by molar-refractivity contribution is 5.94. The first-order valence-corrected chi connectivity index (χ1v) is 16.2. The number of aliphatic hydroxyl groups is 5. The lowest BCUT2D eigenvalue weighted by Crippen LogP contribution is -2.60. The standard InChI is InChI=1S/C34H49NO8/c1-19-27(37)28(38)29(39)31(42-19)43-23-10-13-32(2)22(18-23)8-9-26-25(32)11-14-33(3)24(12-15-34(26,33)41)20-4-6-21(7-5-20)30(40)35-16-17-36/h4-7,18-19,23-29,31,36-39,41H,8-17H2,1-3H3,(H,35,40)/t19-,23-,24+,25-,26+,27-,28+,29+,31-,32-,33+,34-/m0/s1. The van der Waals surface area contributed by atoms with Gasteiger partial charge in [0.1, 0.15) is 18.3 Å². The van der Waals surface area contributed by atoms with E-state index in [4.69, 9.17) is 14.6 Å². The average Bonchev–Trinajstić information content (AvgIpc) is 3.28. The van der Waals surface area contributed by atoms with Gasteiger partial charge in [0.25, 0.3) is 5.91 Å². The first-order valence-electron chi connectivity index (χ1n) is 16.2. The number of ether oxygens (including phenoxy) is 2. The molecule has 6 N–H and O–H groups in total. The number of carbonyl (C=O) groups is 1. The van der Waals surface area contributed by atoms with E-state index >= 15 is 0 Å². The topological polar surface area (TPSA) is 149 Å². The molecule has 1 saturated heterocycles. The van der Waals surface area contributed by atoms with E-state index in [9.17, 15) is 25.2 Å². The van der Waals surface area contributed by atoms with Crippen molar-refractivity contribution >= 4 is 5.91 Å². The van der Waals surface area contributed by atoms with E-state index in [-0.39, 0.29) is 47.8 Å². The molecule has 12 atom stereocenters. The van der Waals surface area contributed by atoms with Crippen LogP contribution < -0.4 is 5.32 Å². The highest BCUT2D eigenvalue weighted by Crippen LogP contribution is 2.70. The molecule has 9 heteroatoms. The van der Waals surface area contributed by atoms with Crippen molar-refractivity contribution < 1.29 is 39.8 Å². The Morgan fingerprint density at radius 1 is 0.977 bits per heavy atom. The predicted octanol–water partition coefficient (Wildman–Crippen LogP) is 2.78. The smallest absolute Gasteiger partial charge is 0.251 e. The number of hydrogen-bond acceptors (Lipinski definition) is 8. The Labute approximate surface area is 254 Å². The minimum Gasteiger partial charge on any atom is -0.395 e. The van der Waals surface area contributed by atoms with Crippen molar-refractivity contribution in [3.05, 3.63) is 47.0 Å². The third kappa shape index (κ3) is 5.00. The van der Waals surface area contributed by atoms with Crippen LogP contribution in [0.2, 0.25) is 0 Å². The molecule has 4 fully saturated rings. The van der Waals surface area contributed by atoms with Crippen LogP contribution in [0.25, 0.3) is 0 Å². The molecule has 0 spiro atoms. The zero-order valence-corrected chi connectivity index (χ0v) is 25.6. The maximum absolute atomic E-state index is 12.6. The molecule has 1 aromatic carbocycles. The second-order valence-electron chi connectivity index (χ2n) is 14.3. The third-order valence-corrected chi connectivity index (χ3v) is 12.3. The minimum atomic E-state index is -1.31. The number of aliphatic hydroxyl groups excluding tert-OH is 4. The van der Waals surface area contributed by atoms with Crippen LogP contribution in [-0.2, 0) is 9.47 Å². The van der Waals surface area contributed by atoms with E-state index in [1.165, 1.54) is 11.1 Å². The number of benzene rings is 1. The van der Waals surface area contributed by atoms with E-state index in [1.54, 1.807) is 6.92 Å². The number of nitrogens with one attached hydrogen (secondary N) is 1. The first kappa shape index (κ1) is 31.1. The SMILES string of the molecule is C[C@@H]1O[C@@H](O[C@@H]2C=C3CC[C@@H]4[C@H](CC[C@]5(C)[C@@H](c6ccc(C(=O)NCCO)cc6)CC[C@]45O)[C@@]3(C)CC2)[C@H](O)[C@H](O)[C@H]1O. The van der Waals surface area contributed by atoms with Crippen LogP contribution in [0.5, 0.6) is 0 Å². The number of allylic oxidation sites excluding steroid dienone is 1. The van der Waals surface area contributed by atoms with Crippen LogP contribution in [0.4, 0.5) is 0 Å². The average molecular weight is 600 g/mol. The van der Waals surface area contributed by atoms with Crippen LogP contribution in [0.3, 0.4) is 0 Å². The maximum atomic E-state index is 12.6. The lowest BCUT2D eigenvalue weighted by atomic mass is 9.45. The van der Waals surface area contributed by atoms with Crippen molar-refractivity contribution in [3.8, 4) is 0 Å². The van der Waals surface area contributed by atoms with Gasteiger partial charge in [-0.2, -0.15) is 0 Å². The third-order valence-electron chi connectivity index (χ3n) is 12.3. The summed E-state index contributed by atoms with van der Waals surface area (Å²) in [6.45, 7) is 6.44. The quantitative estimate of drug-likeness (QED) is 0.274. The summed E-state index contributed by atoms with van der Waals surface area (Å²) in [5, 5.41) is 55.0. The summed E-state index contributed by atoms with van der Waals surface area (Å²) in [7, 11) is 0. The van der Waals surface area contributed by atoms with Gasteiger partial charge in [-0.1, -0.05) is 37.6 Å². The van der Waals surface area contributed by atoms with Crippen molar-refractivity contribution in [2.24, 2.45) is 22.7 Å². The molecule has 0 aromatic heterocycles. The van der Waals surface area contributed by atoms with Crippen molar-refractivity contribution in [1.82, 2.24) is 5.32 Å². The molecule has 3 saturated carbocycles. The molecule has 4 aliphatic carbocycles. The van der Waals surface area contributed by atoms with E-state index < -0.39 is 36.3 Å². The van der Waals surface area contributed by atoms with Crippen LogP contribution in [-0.4, -0.2) is 87.0 Å². The lowest BCUT2D eigenvalue weighted by Gasteiger charge is -2.62. The Kier molecular flexibility index (Phi) is 8.33. The molecular formula is C34H49NO8. The van der Waals surface area contributed by atoms with E-state index in [1.807, 2.05) is 24.3 Å². The molecule has 5 aliphatic rings. The Bertz CT molecular complexity index is 1220. The van der Waals surface area contributed by atoms with E-state index in [0.29, 0.717) is 11.5 Å². The van der Waals surface area contributed by atoms with Crippen LogP contribution in [0.1, 0.15) is 94.0 Å². The van der Waals surface area contributed by atoms with E-state index in [2.05, 4.69) is 25.2 Å². The molecule has 0 bridgehead atoms. The van der Waals surface area contributed by atoms with Gasteiger partial charge in [-0.25, -0.2) is 0 Å². The van der Waals surface area contributed by atoms with Gasteiger partial charge in [-0.3, -0.25) is 4.79 Å². The van der Waals surface area contributed by atoms with Crippen molar-refractivity contribution in [2.45, 2.75) is 120 Å². The second kappa shape index (κ2) is 11.5. The molecule has 6 rings (SSSR count). The Hall–Kier alpha value is -1.85. The lowest BCUT2D eigenvalue weighted by molar-refractivity contribution is -0.301. The highest BCUT2D eigenvalue weighted by Gasteiger charge is 2.66. The van der Waals surface area contributed by atoms with Gasteiger partial charge < -0.3 is 40.3 Å². The van der Waals surface area contributed by atoms with Crippen LogP contribution in [0.15, 0.2) is 35.9 Å². The number of amides is 1. The normalized spacial score (nSPS) is 45.9. The zero-order chi connectivity index (χ0) is 30.7. The first-order chi connectivity index (χ1) is 20.4. The fourth-order valence-electron chi connectivity index (χ4n) is 9.74. The number of carbonyl (C=O) groups excluding carboxylic acids is 1. The number of hydrogen-bond donors (Lipinski definition) is 6. The summed E-state index contributed by atoms with van der Waals surface area (Å²) in [5.74, 6) is 0.611. The summed E-state index contributed by atoms with van der Waals surface area (Å²) in [6.07, 6.45) is 3.74.